The lowest BCUT2D eigenvalue weighted by molar-refractivity contribution is -0.122. The summed E-state index contributed by atoms with van der Waals surface area (Å²) in [5.41, 5.74) is 1.06. The van der Waals surface area contributed by atoms with Crippen molar-refractivity contribution >= 4 is 17.5 Å². The maximum atomic E-state index is 11.9. The number of amides is 1. The van der Waals surface area contributed by atoms with Gasteiger partial charge in [0.25, 0.3) is 0 Å². The first kappa shape index (κ1) is 15.3. The molecule has 0 saturated carbocycles. The lowest BCUT2D eigenvalue weighted by Crippen LogP contribution is -2.47. The molecule has 1 atom stereocenters. The van der Waals surface area contributed by atoms with Crippen LogP contribution >= 0.6 is 11.6 Å². The summed E-state index contributed by atoms with van der Waals surface area (Å²) in [4.78, 5) is 14.2. The highest BCUT2D eigenvalue weighted by molar-refractivity contribution is 6.30. The Morgan fingerprint density at radius 2 is 2.15 bits per heavy atom. The largest absolute Gasteiger partial charge is 0.351 e. The third-order valence-electron chi connectivity index (χ3n) is 3.68. The number of hydrogen-bond acceptors (Lipinski definition) is 3. The molecule has 1 aromatic carbocycles. The first-order chi connectivity index (χ1) is 9.67. The molecule has 0 aromatic heterocycles. The lowest BCUT2D eigenvalue weighted by atomic mass is 10.1. The zero-order valence-corrected chi connectivity index (χ0v) is 12.6. The Hall–Kier alpha value is -1.10. The number of benzene rings is 1. The fourth-order valence-corrected chi connectivity index (χ4v) is 2.62. The minimum Gasteiger partial charge on any atom is -0.351 e. The van der Waals surface area contributed by atoms with Gasteiger partial charge in [0.15, 0.2) is 0 Å². The fraction of sp³-hybridized carbons (Fsp3) is 0.533. The van der Waals surface area contributed by atoms with E-state index in [0.29, 0.717) is 24.2 Å². The predicted molar refractivity (Wildman–Crippen MR) is 81.8 cm³/mol. The summed E-state index contributed by atoms with van der Waals surface area (Å²) in [5, 5.41) is 6.95. The maximum absolute atomic E-state index is 11.9. The number of carbonyl (C=O) groups excluding carboxylic acids is 1. The van der Waals surface area contributed by atoms with Gasteiger partial charge in [0.1, 0.15) is 0 Å². The Morgan fingerprint density at radius 3 is 2.85 bits per heavy atom. The zero-order valence-electron chi connectivity index (χ0n) is 11.9. The molecule has 1 unspecified atom stereocenters. The normalized spacial score (nSPS) is 19.8. The molecular formula is C15H22ClN3O. The highest BCUT2D eigenvalue weighted by atomic mass is 35.5. The van der Waals surface area contributed by atoms with Crippen molar-refractivity contribution in [1.82, 2.24) is 15.5 Å². The van der Waals surface area contributed by atoms with Crippen molar-refractivity contribution in [2.75, 3.05) is 26.7 Å². The summed E-state index contributed by atoms with van der Waals surface area (Å²) in [6.07, 6.45) is 2.34. The van der Waals surface area contributed by atoms with Crippen molar-refractivity contribution in [1.29, 1.82) is 0 Å². The molecule has 1 heterocycles. The first-order valence-corrected chi connectivity index (χ1v) is 7.46. The number of hydrogen-bond donors (Lipinski definition) is 2. The van der Waals surface area contributed by atoms with Gasteiger partial charge in [-0.25, -0.2) is 0 Å². The van der Waals surface area contributed by atoms with Crippen LogP contribution in [0.25, 0.3) is 0 Å². The summed E-state index contributed by atoms with van der Waals surface area (Å²) in [7, 11) is 1.98. The molecule has 1 aliphatic rings. The summed E-state index contributed by atoms with van der Waals surface area (Å²) in [6, 6.07) is 8.05. The van der Waals surface area contributed by atoms with Crippen LogP contribution in [0.15, 0.2) is 24.3 Å². The van der Waals surface area contributed by atoms with E-state index < -0.39 is 0 Å². The van der Waals surface area contributed by atoms with Crippen LogP contribution in [0.3, 0.4) is 0 Å². The summed E-state index contributed by atoms with van der Waals surface area (Å²) >= 11 is 5.83. The summed E-state index contributed by atoms with van der Waals surface area (Å²) < 4.78 is 0. The van der Waals surface area contributed by atoms with Gasteiger partial charge >= 0.3 is 0 Å². The maximum Gasteiger partial charge on any atom is 0.234 e. The predicted octanol–water partition coefficient (Wildman–Crippen LogP) is 1.64. The van der Waals surface area contributed by atoms with Crippen molar-refractivity contribution < 1.29 is 4.79 Å². The van der Waals surface area contributed by atoms with Crippen molar-refractivity contribution in [3.05, 3.63) is 34.9 Å². The molecule has 1 saturated heterocycles. The summed E-state index contributed by atoms with van der Waals surface area (Å²) in [5.74, 6) is 0.0803. The molecule has 1 amide bonds. The zero-order chi connectivity index (χ0) is 14.4. The average molecular weight is 296 g/mol. The van der Waals surface area contributed by atoms with Crippen LogP contribution < -0.4 is 10.6 Å². The van der Waals surface area contributed by atoms with E-state index >= 15 is 0 Å². The number of nitrogens with zero attached hydrogens (tertiary/aromatic N) is 1. The number of likely N-dealkylation sites (N-methyl/N-ethyl adjacent to an activating group) is 1. The Kier molecular flexibility index (Phi) is 5.83. The number of carbonyl (C=O) groups is 1. The van der Waals surface area contributed by atoms with Crippen LogP contribution in [0.2, 0.25) is 5.02 Å². The quantitative estimate of drug-likeness (QED) is 0.868. The molecule has 5 heteroatoms. The van der Waals surface area contributed by atoms with Gasteiger partial charge in [-0.2, -0.15) is 0 Å². The SMILES string of the molecule is CNC1CCCN(CC(=O)NCc2ccc(Cl)cc2)C1. The third kappa shape index (κ3) is 4.78. The second kappa shape index (κ2) is 7.62. The van der Waals surface area contributed by atoms with Crippen LogP contribution in [-0.4, -0.2) is 43.5 Å². The Labute approximate surface area is 125 Å². The van der Waals surface area contributed by atoms with Crippen LogP contribution in [0.1, 0.15) is 18.4 Å². The van der Waals surface area contributed by atoms with Gasteiger partial charge in [-0.3, -0.25) is 9.69 Å². The van der Waals surface area contributed by atoms with Gasteiger partial charge < -0.3 is 10.6 Å². The molecule has 110 valence electrons. The number of piperidine rings is 1. The molecule has 2 rings (SSSR count). The van der Waals surface area contributed by atoms with E-state index in [0.717, 1.165) is 25.1 Å². The topological polar surface area (TPSA) is 44.4 Å². The number of rotatable bonds is 5. The Bertz CT molecular complexity index is 435. The van der Waals surface area contributed by atoms with E-state index in [1.807, 2.05) is 31.3 Å². The van der Waals surface area contributed by atoms with Crippen molar-refractivity contribution in [2.45, 2.75) is 25.4 Å². The molecule has 0 aliphatic carbocycles. The van der Waals surface area contributed by atoms with Crippen LogP contribution in [0.4, 0.5) is 0 Å². The molecule has 4 nitrogen and oxygen atoms in total. The van der Waals surface area contributed by atoms with Gasteiger partial charge in [-0.1, -0.05) is 23.7 Å². The second-order valence-corrected chi connectivity index (χ2v) is 5.70. The van der Waals surface area contributed by atoms with E-state index in [4.69, 9.17) is 11.6 Å². The van der Waals surface area contributed by atoms with Gasteiger partial charge in [0.2, 0.25) is 5.91 Å². The van der Waals surface area contributed by atoms with E-state index in [-0.39, 0.29) is 5.91 Å². The van der Waals surface area contributed by atoms with Crippen LogP contribution in [0.5, 0.6) is 0 Å². The minimum atomic E-state index is 0.0803. The molecular weight excluding hydrogens is 274 g/mol. The standard InChI is InChI=1S/C15H22ClN3O/c1-17-14-3-2-8-19(10-14)11-15(20)18-9-12-4-6-13(16)7-5-12/h4-7,14,17H,2-3,8-11H2,1H3,(H,18,20). The lowest BCUT2D eigenvalue weighted by Gasteiger charge is -2.31. The van der Waals surface area contributed by atoms with Crippen molar-refractivity contribution in [3.8, 4) is 0 Å². The first-order valence-electron chi connectivity index (χ1n) is 7.08. The Balaban J connectivity index is 1.73. The number of nitrogens with one attached hydrogen (secondary N) is 2. The molecule has 0 radical (unpaired) electrons. The Morgan fingerprint density at radius 1 is 1.40 bits per heavy atom. The fourth-order valence-electron chi connectivity index (χ4n) is 2.50. The third-order valence-corrected chi connectivity index (χ3v) is 3.94. The number of likely N-dealkylation sites (tertiary alicyclic amines) is 1. The molecule has 0 spiro atoms. The van der Waals surface area contributed by atoms with E-state index in [1.54, 1.807) is 0 Å². The molecule has 1 aliphatic heterocycles. The van der Waals surface area contributed by atoms with E-state index in [1.165, 1.54) is 6.42 Å². The molecule has 1 fully saturated rings. The minimum absolute atomic E-state index is 0.0803. The highest BCUT2D eigenvalue weighted by Gasteiger charge is 2.19. The van der Waals surface area contributed by atoms with E-state index in [9.17, 15) is 4.79 Å². The van der Waals surface area contributed by atoms with Crippen LogP contribution in [-0.2, 0) is 11.3 Å². The van der Waals surface area contributed by atoms with Gasteiger partial charge in [0.05, 0.1) is 6.54 Å². The molecule has 0 bridgehead atoms. The smallest absolute Gasteiger partial charge is 0.234 e. The average Bonchev–Trinajstić information content (AvgIpc) is 2.47. The highest BCUT2D eigenvalue weighted by Crippen LogP contribution is 2.10. The summed E-state index contributed by atoms with van der Waals surface area (Å²) in [6.45, 7) is 2.99. The molecule has 2 N–H and O–H groups in total. The van der Waals surface area contributed by atoms with Crippen LogP contribution in [0, 0.1) is 0 Å². The van der Waals surface area contributed by atoms with E-state index in [2.05, 4.69) is 15.5 Å². The second-order valence-electron chi connectivity index (χ2n) is 5.27. The molecule has 20 heavy (non-hydrogen) atoms. The number of halogens is 1. The van der Waals surface area contributed by atoms with Gasteiger partial charge in [-0.05, 0) is 44.1 Å². The van der Waals surface area contributed by atoms with Crippen molar-refractivity contribution in [3.63, 3.8) is 0 Å². The van der Waals surface area contributed by atoms with Crippen molar-refractivity contribution in [2.24, 2.45) is 0 Å². The monoisotopic (exact) mass is 295 g/mol. The van der Waals surface area contributed by atoms with Gasteiger partial charge in [0, 0.05) is 24.2 Å². The molecule has 1 aromatic rings. The van der Waals surface area contributed by atoms with Gasteiger partial charge in [-0.15, -0.1) is 0 Å².